The molecule has 1 fully saturated rings. The molecule has 0 bridgehead atoms. The minimum Gasteiger partial charge on any atom is -0.263 e. The third-order valence-corrected chi connectivity index (χ3v) is 3.82. The first-order valence-corrected chi connectivity index (χ1v) is 6.29. The lowest BCUT2D eigenvalue weighted by Gasteiger charge is -2.25. The van der Waals surface area contributed by atoms with Gasteiger partial charge in [-0.2, -0.15) is 0 Å². The molecule has 3 heteroatoms. The molecule has 0 spiro atoms. The van der Waals surface area contributed by atoms with Gasteiger partial charge in [-0.25, -0.2) is 0 Å². The molecule has 1 heterocycles. The molecule has 82 valence electrons. The Bertz CT molecular complexity index is 327. The van der Waals surface area contributed by atoms with E-state index in [2.05, 4.69) is 4.98 Å². The molecule has 1 saturated carbocycles. The summed E-state index contributed by atoms with van der Waals surface area (Å²) in [6.07, 6.45) is 9.40. The average molecular weight is 244 g/mol. The van der Waals surface area contributed by atoms with E-state index >= 15 is 0 Å². The van der Waals surface area contributed by atoms with Crippen molar-refractivity contribution in [3.8, 4) is 0 Å². The van der Waals surface area contributed by atoms with E-state index in [0.29, 0.717) is 11.3 Å². The highest BCUT2D eigenvalue weighted by atomic mass is 35.5. The average Bonchev–Trinajstić information content (AvgIpc) is 2.22. The first kappa shape index (κ1) is 11.2. The van der Waals surface area contributed by atoms with Crippen LogP contribution in [0.1, 0.15) is 31.2 Å². The van der Waals surface area contributed by atoms with Crippen molar-refractivity contribution in [3.05, 3.63) is 29.0 Å². The lowest BCUT2D eigenvalue weighted by atomic mass is 9.85. The van der Waals surface area contributed by atoms with Gasteiger partial charge in [0.25, 0.3) is 0 Å². The molecular formula is C12H15Cl2N. The van der Waals surface area contributed by atoms with Crippen LogP contribution >= 0.6 is 23.2 Å². The zero-order valence-electron chi connectivity index (χ0n) is 8.63. The van der Waals surface area contributed by atoms with E-state index in [-0.39, 0.29) is 0 Å². The largest absolute Gasteiger partial charge is 0.263 e. The molecule has 2 unspecified atom stereocenters. The Balaban J connectivity index is 1.99. The Morgan fingerprint density at radius 3 is 3.00 bits per heavy atom. The SMILES string of the molecule is Clc1cnccc1CC1CCCC(Cl)C1. The zero-order valence-corrected chi connectivity index (χ0v) is 10.1. The van der Waals surface area contributed by atoms with Crippen LogP contribution in [0.3, 0.4) is 0 Å². The Morgan fingerprint density at radius 1 is 1.40 bits per heavy atom. The van der Waals surface area contributed by atoms with Crippen molar-refractivity contribution in [2.45, 2.75) is 37.5 Å². The zero-order chi connectivity index (χ0) is 10.7. The summed E-state index contributed by atoms with van der Waals surface area (Å²) in [5.74, 6) is 0.696. The van der Waals surface area contributed by atoms with Crippen LogP contribution in [0.15, 0.2) is 18.5 Å². The summed E-state index contributed by atoms with van der Waals surface area (Å²) >= 11 is 12.3. The third-order valence-electron chi connectivity index (χ3n) is 3.08. The van der Waals surface area contributed by atoms with E-state index in [4.69, 9.17) is 23.2 Å². The van der Waals surface area contributed by atoms with Crippen molar-refractivity contribution in [1.82, 2.24) is 4.98 Å². The maximum atomic E-state index is 6.17. The van der Waals surface area contributed by atoms with Gasteiger partial charge in [-0.3, -0.25) is 4.98 Å². The monoisotopic (exact) mass is 243 g/mol. The van der Waals surface area contributed by atoms with Crippen molar-refractivity contribution in [3.63, 3.8) is 0 Å². The van der Waals surface area contributed by atoms with Gasteiger partial charge >= 0.3 is 0 Å². The molecule has 2 atom stereocenters. The van der Waals surface area contributed by atoms with Crippen LogP contribution < -0.4 is 0 Å². The number of halogens is 2. The molecule has 0 aromatic carbocycles. The maximum absolute atomic E-state index is 6.17. The van der Waals surface area contributed by atoms with Crippen LogP contribution in [0.25, 0.3) is 0 Å². The second-order valence-corrected chi connectivity index (χ2v) is 5.33. The van der Waals surface area contributed by atoms with Crippen molar-refractivity contribution in [1.29, 1.82) is 0 Å². The molecule has 2 rings (SSSR count). The molecule has 0 aliphatic heterocycles. The Labute approximate surface area is 101 Å². The topological polar surface area (TPSA) is 12.9 Å². The fraction of sp³-hybridized carbons (Fsp3) is 0.583. The van der Waals surface area contributed by atoms with E-state index in [1.54, 1.807) is 6.20 Å². The summed E-state index contributed by atoms with van der Waals surface area (Å²) in [7, 11) is 0. The molecule has 1 aliphatic carbocycles. The summed E-state index contributed by atoms with van der Waals surface area (Å²) in [6, 6.07) is 2.01. The van der Waals surface area contributed by atoms with Crippen LogP contribution in [0.2, 0.25) is 5.02 Å². The second-order valence-electron chi connectivity index (χ2n) is 4.30. The van der Waals surface area contributed by atoms with Gasteiger partial charge in [-0.1, -0.05) is 24.4 Å². The molecule has 0 N–H and O–H groups in total. The van der Waals surface area contributed by atoms with Crippen LogP contribution in [-0.4, -0.2) is 10.4 Å². The number of pyridine rings is 1. The summed E-state index contributed by atoms with van der Waals surface area (Å²) in [4.78, 5) is 3.99. The fourth-order valence-electron chi connectivity index (χ4n) is 2.29. The van der Waals surface area contributed by atoms with Crippen LogP contribution in [0, 0.1) is 5.92 Å². The van der Waals surface area contributed by atoms with Crippen LogP contribution in [-0.2, 0) is 6.42 Å². The highest BCUT2D eigenvalue weighted by Crippen LogP contribution is 2.31. The number of nitrogens with zero attached hydrogens (tertiary/aromatic N) is 1. The Hall–Kier alpha value is -0.270. The van der Waals surface area contributed by atoms with E-state index in [1.165, 1.54) is 24.8 Å². The molecule has 1 aromatic rings. The Morgan fingerprint density at radius 2 is 2.27 bits per heavy atom. The summed E-state index contributed by atoms with van der Waals surface area (Å²) in [6.45, 7) is 0. The lowest BCUT2D eigenvalue weighted by Crippen LogP contribution is -2.17. The van der Waals surface area contributed by atoms with Gasteiger partial charge in [0, 0.05) is 17.8 Å². The van der Waals surface area contributed by atoms with E-state index in [9.17, 15) is 0 Å². The number of aromatic nitrogens is 1. The van der Waals surface area contributed by atoms with Gasteiger partial charge in [0.15, 0.2) is 0 Å². The summed E-state index contributed by atoms with van der Waals surface area (Å²) < 4.78 is 0. The highest BCUT2D eigenvalue weighted by molar-refractivity contribution is 6.31. The number of alkyl halides is 1. The molecule has 1 aromatic heterocycles. The smallest absolute Gasteiger partial charge is 0.0621 e. The Kier molecular flexibility index (Phi) is 3.87. The predicted molar refractivity (Wildman–Crippen MR) is 64.6 cm³/mol. The second kappa shape index (κ2) is 5.18. The normalized spacial score (nSPS) is 26.5. The highest BCUT2D eigenvalue weighted by Gasteiger charge is 2.20. The van der Waals surface area contributed by atoms with Crippen LogP contribution in [0.4, 0.5) is 0 Å². The first-order valence-electron chi connectivity index (χ1n) is 5.48. The van der Waals surface area contributed by atoms with Crippen molar-refractivity contribution in [2.24, 2.45) is 5.92 Å². The number of rotatable bonds is 2. The number of hydrogen-bond donors (Lipinski definition) is 0. The molecule has 15 heavy (non-hydrogen) atoms. The fourth-order valence-corrected chi connectivity index (χ4v) is 2.89. The van der Waals surface area contributed by atoms with E-state index in [1.807, 2.05) is 12.3 Å². The first-order chi connectivity index (χ1) is 7.25. The van der Waals surface area contributed by atoms with Gasteiger partial charge in [-0.05, 0) is 36.8 Å². The van der Waals surface area contributed by atoms with Crippen molar-refractivity contribution >= 4 is 23.2 Å². The third kappa shape index (κ3) is 3.09. The van der Waals surface area contributed by atoms with Gasteiger partial charge in [0.1, 0.15) is 0 Å². The van der Waals surface area contributed by atoms with Gasteiger partial charge < -0.3 is 0 Å². The van der Waals surface area contributed by atoms with Crippen molar-refractivity contribution in [2.75, 3.05) is 0 Å². The molecule has 1 nitrogen and oxygen atoms in total. The molecule has 0 saturated heterocycles. The summed E-state index contributed by atoms with van der Waals surface area (Å²) in [5.41, 5.74) is 1.21. The van der Waals surface area contributed by atoms with E-state index in [0.717, 1.165) is 17.9 Å². The molecule has 1 aliphatic rings. The standard InChI is InChI=1S/C12H15Cl2N/c13-11-3-1-2-9(7-11)6-10-4-5-15-8-12(10)14/h4-5,8-9,11H,1-3,6-7H2. The predicted octanol–water partition coefficient (Wildman–Crippen LogP) is 4.08. The molecular weight excluding hydrogens is 229 g/mol. The molecule has 0 amide bonds. The lowest BCUT2D eigenvalue weighted by molar-refractivity contribution is 0.361. The minimum atomic E-state index is 0.365. The van der Waals surface area contributed by atoms with Gasteiger partial charge in [0.05, 0.1) is 5.02 Å². The minimum absolute atomic E-state index is 0.365. The van der Waals surface area contributed by atoms with Crippen LogP contribution in [0.5, 0.6) is 0 Å². The van der Waals surface area contributed by atoms with Gasteiger partial charge in [0.2, 0.25) is 0 Å². The summed E-state index contributed by atoms with van der Waals surface area (Å²) in [5, 5.41) is 1.15. The van der Waals surface area contributed by atoms with Crippen molar-refractivity contribution < 1.29 is 0 Å². The maximum Gasteiger partial charge on any atom is 0.0621 e. The quantitative estimate of drug-likeness (QED) is 0.714. The van der Waals surface area contributed by atoms with Gasteiger partial charge in [-0.15, -0.1) is 11.6 Å². The molecule has 0 radical (unpaired) electrons. The number of hydrogen-bond acceptors (Lipinski definition) is 1. The van der Waals surface area contributed by atoms with E-state index < -0.39 is 0 Å².